The van der Waals surface area contributed by atoms with Crippen molar-refractivity contribution in [2.45, 2.75) is 50.6 Å². The van der Waals surface area contributed by atoms with Crippen LogP contribution >= 0.6 is 15.9 Å². The summed E-state index contributed by atoms with van der Waals surface area (Å²) in [6, 6.07) is 4.84. The van der Waals surface area contributed by atoms with Crippen molar-refractivity contribution in [1.82, 2.24) is 4.31 Å². The lowest BCUT2D eigenvalue weighted by Gasteiger charge is -2.33. The highest BCUT2D eigenvalue weighted by atomic mass is 79.9. The zero-order valence-corrected chi connectivity index (χ0v) is 20.0. The highest BCUT2D eigenvalue weighted by Crippen LogP contribution is 2.37. The van der Waals surface area contributed by atoms with Crippen LogP contribution in [0.1, 0.15) is 45.1 Å². The second-order valence-corrected chi connectivity index (χ2v) is 10.3. The SMILES string of the molecule is CC(C)CCN(CCC#N)S(=O)(=O)c1cc(C(F)(F)F)ccc1N1CCC(=CBr)CC1. The summed E-state index contributed by atoms with van der Waals surface area (Å²) < 4.78 is 68.4. The molecule has 1 aromatic carbocycles. The largest absolute Gasteiger partial charge is 0.416 e. The van der Waals surface area contributed by atoms with E-state index < -0.39 is 21.8 Å². The number of hydrogen-bond donors (Lipinski definition) is 0. The Morgan fingerprint density at radius 2 is 1.90 bits per heavy atom. The Hall–Kier alpha value is -1.57. The number of benzene rings is 1. The molecule has 0 radical (unpaired) electrons. The van der Waals surface area contributed by atoms with Crippen LogP contribution < -0.4 is 4.90 Å². The Kier molecular flexibility index (Phi) is 8.98. The van der Waals surface area contributed by atoms with Crippen LogP contribution in [-0.4, -0.2) is 38.9 Å². The minimum Gasteiger partial charge on any atom is -0.370 e. The Balaban J connectivity index is 2.53. The summed E-state index contributed by atoms with van der Waals surface area (Å²) in [6.07, 6.45) is -2.77. The zero-order chi connectivity index (χ0) is 23.2. The molecule has 1 saturated heterocycles. The van der Waals surface area contributed by atoms with Gasteiger partial charge in [0.25, 0.3) is 0 Å². The van der Waals surface area contributed by atoms with Crippen molar-refractivity contribution >= 4 is 31.6 Å². The maximum atomic E-state index is 13.5. The van der Waals surface area contributed by atoms with E-state index in [1.807, 2.05) is 29.8 Å². The third kappa shape index (κ3) is 6.70. The lowest BCUT2D eigenvalue weighted by Crippen LogP contribution is -2.36. The Morgan fingerprint density at radius 3 is 2.42 bits per heavy atom. The average molecular weight is 522 g/mol. The van der Waals surface area contributed by atoms with Crippen molar-refractivity contribution in [2.75, 3.05) is 31.1 Å². The van der Waals surface area contributed by atoms with Gasteiger partial charge in [0.15, 0.2) is 0 Å². The van der Waals surface area contributed by atoms with Gasteiger partial charge in [0.2, 0.25) is 10.0 Å². The molecule has 1 heterocycles. The van der Waals surface area contributed by atoms with E-state index in [-0.39, 0.29) is 36.0 Å². The lowest BCUT2D eigenvalue weighted by atomic mass is 10.0. The topological polar surface area (TPSA) is 64.4 Å². The first-order valence-corrected chi connectivity index (χ1v) is 12.5. The predicted molar refractivity (Wildman–Crippen MR) is 118 cm³/mol. The van der Waals surface area contributed by atoms with Crippen molar-refractivity contribution in [3.8, 4) is 6.07 Å². The Morgan fingerprint density at radius 1 is 1.26 bits per heavy atom. The number of piperidine rings is 1. The maximum absolute atomic E-state index is 13.5. The molecule has 0 unspecified atom stereocenters. The van der Waals surface area contributed by atoms with Gasteiger partial charge in [0.05, 0.1) is 17.3 Å². The summed E-state index contributed by atoms with van der Waals surface area (Å²) >= 11 is 3.30. The molecule has 1 fully saturated rings. The number of halogens is 4. The second-order valence-electron chi connectivity index (χ2n) is 7.93. The summed E-state index contributed by atoms with van der Waals surface area (Å²) in [6.45, 7) is 4.98. The maximum Gasteiger partial charge on any atom is 0.416 e. The minimum atomic E-state index is -4.66. The van der Waals surface area contributed by atoms with Crippen molar-refractivity contribution < 1.29 is 21.6 Å². The van der Waals surface area contributed by atoms with Crippen LogP contribution in [0.3, 0.4) is 0 Å². The molecule has 0 N–H and O–H groups in total. The van der Waals surface area contributed by atoms with Crippen LogP contribution in [0, 0.1) is 17.2 Å². The number of anilines is 1. The quantitative estimate of drug-likeness (QED) is 0.450. The molecule has 0 aliphatic carbocycles. The highest BCUT2D eigenvalue weighted by Gasteiger charge is 2.35. The van der Waals surface area contributed by atoms with Gasteiger partial charge >= 0.3 is 6.18 Å². The van der Waals surface area contributed by atoms with Crippen molar-refractivity contribution in [3.05, 3.63) is 34.3 Å². The number of nitrogens with zero attached hydrogens (tertiary/aromatic N) is 3. The standard InChI is InChI=1S/C21H27BrF3N3O2S/c1-16(2)6-13-28(10-3-9-26)31(29,30)20-14-18(21(23,24)25)4-5-19(20)27-11-7-17(15-22)8-12-27/h4-5,14-16H,3,6-8,10-13H2,1-2H3. The molecule has 0 atom stereocenters. The summed E-state index contributed by atoms with van der Waals surface area (Å²) in [5.41, 5.74) is 0.435. The third-order valence-corrected chi connectivity index (χ3v) is 7.81. The molecule has 0 bridgehead atoms. The van der Waals surface area contributed by atoms with E-state index in [0.717, 1.165) is 16.4 Å². The zero-order valence-electron chi connectivity index (χ0n) is 17.6. The normalized spacial score (nSPS) is 15.5. The van der Waals surface area contributed by atoms with Gasteiger partial charge in [-0.15, -0.1) is 0 Å². The molecule has 5 nitrogen and oxygen atoms in total. The smallest absolute Gasteiger partial charge is 0.370 e. The van der Waals surface area contributed by atoms with Gasteiger partial charge in [0, 0.05) is 32.6 Å². The van der Waals surface area contributed by atoms with Gasteiger partial charge in [0.1, 0.15) is 4.90 Å². The monoisotopic (exact) mass is 521 g/mol. The van der Waals surface area contributed by atoms with E-state index >= 15 is 0 Å². The fourth-order valence-corrected chi connectivity index (χ4v) is 5.52. The molecule has 1 aliphatic rings. The molecule has 172 valence electrons. The second kappa shape index (κ2) is 10.8. The molecule has 1 aromatic rings. The summed E-state index contributed by atoms with van der Waals surface area (Å²) in [5, 5.41) is 8.95. The van der Waals surface area contributed by atoms with E-state index in [4.69, 9.17) is 5.26 Å². The number of nitriles is 1. The highest BCUT2D eigenvalue weighted by molar-refractivity contribution is 9.11. The van der Waals surface area contributed by atoms with E-state index in [0.29, 0.717) is 32.4 Å². The van der Waals surface area contributed by atoms with E-state index in [9.17, 15) is 21.6 Å². The average Bonchev–Trinajstić information content (AvgIpc) is 2.72. The van der Waals surface area contributed by atoms with Crippen LogP contribution in [0.5, 0.6) is 0 Å². The van der Waals surface area contributed by atoms with E-state index in [1.165, 1.54) is 11.6 Å². The molecule has 10 heteroatoms. The predicted octanol–water partition coefficient (Wildman–Crippen LogP) is 5.53. The fraction of sp³-hybridized carbons (Fsp3) is 0.571. The van der Waals surface area contributed by atoms with Crippen LogP contribution in [0.4, 0.5) is 18.9 Å². The van der Waals surface area contributed by atoms with Gasteiger partial charge in [-0.1, -0.05) is 35.4 Å². The number of hydrogen-bond acceptors (Lipinski definition) is 4. The van der Waals surface area contributed by atoms with Gasteiger partial charge in [-0.3, -0.25) is 0 Å². The molecule has 31 heavy (non-hydrogen) atoms. The first-order valence-electron chi connectivity index (χ1n) is 10.1. The fourth-order valence-electron chi connectivity index (χ4n) is 3.37. The van der Waals surface area contributed by atoms with Crippen LogP contribution in [0.25, 0.3) is 0 Å². The van der Waals surface area contributed by atoms with E-state index in [2.05, 4.69) is 15.9 Å². The molecular formula is C21H27BrF3N3O2S. The van der Waals surface area contributed by atoms with Gasteiger partial charge < -0.3 is 4.90 Å². The first kappa shape index (κ1) is 25.7. The molecule has 0 aromatic heterocycles. The minimum absolute atomic E-state index is 0.0330. The van der Waals surface area contributed by atoms with Crippen molar-refractivity contribution in [1.29, 1.82) is 5.26 Å². The first-order chi connectivity index (χ1) is 14.5. The summed E-state index contributed by atoms with van der Waals surface area (Å²) in [7, 11) is -4.23. The van der Waals surface area contributed by atoms with Gasteiger partial charge in [-0.25, -0.2) is 8.42 Å². The molecule has 1 aliphatic heterocycles. The molecule has 0 amide bonds. The van der Waals surface area contributed by atoms with Gasteiger partial charge in [-0.2, -0.15) is 22.7 Å². The summed E-state index contributed by atoms with van der Waals surface area (Å²) in [5.74, 6) is 0.206. The van der Waals surface area contributed by atoms with Crippen LogP contribution in [-0.2, 0) is 16.2 Å². The number of sulfonamides is 1. The number of alkyl halides is 3. The Bertz CT molecular complexity index is 930. The van der Waals surface area contributed by atoms with Crippen molar-refractivity contribution in [2.24, 2.45) is 5.92 Å². The molecular weight excluding hydrogens is 495 g/mol. The lowest BCUT2D eigenvalue weighted by molar-refractivity contribution is -0.137. The van der Waals surface area contributed by atoms with Crippen molar-refractivity contribution in [3.63, 3.8) is 0 Å². The number of rotatable bonds is 8. The third-order valence-electron chi connectivity index (χ3n) is 5.23. The summed E-state index contributed by atoms with van der Waals surface area (Å²) in [4.78, 5) is 3.30. The van der Waals surface area contributed by atoms with E-state index in [1.54, 1.807) is 0 Å². The van der Waals surface area contributed by atoms with Crippen LogP contribution in [0.15, 0.2) is 33.7 Å². The Labute approximate surface area is 190 Å². The molecule has 0 spiro atoms. The van der Waals surface area contributed by atoms with Gasteiger partial charge in [-0.05, 0) is 48.4 Å². The van der Waals surface area contributed by atoms with Crippen LogP contribution in [0.2, 0.25) is 0 Å². The molecule has 2 rings (SSSR count). The molecule has 0 saturated carbocycles.